The van der Waals surface area contributed by atoms with Gasteiger partial charge < -0.3 is 4.42 Å². The maximum atomic E-state index is 12.2. The number of rotatable bonds is 5. The highest BCUT2D eigenvalue weighted by Gasteiger charge is 2.10. The maximum absolute atomic E-state index is 12.2. The lowest BCUT2D eigenvalue weighted by molar-refractivity contribution is 0.568. The molecule has 2 aromatic carbocycles. The first kappa shape index (κ1) is 15.9. The van der Waals surface area contributed by atoms with Gasteiger partial charge in [-0.05, 0) is 42.3 Å². The number of sulfonamides is 1. The van der Waals surface area contributed by atoms with Crippen LogP contribution in [0.4, 0.5) is 5.69 Å². The lowest BCUT2D eigenvalue weighted by Crippen LogP contribution is -2.09. The van der Waals surface area contributed by atoms with Gasteiger partial charge in [-0.15, -0.1) is 10.2 Å². The molecular weight excluding hydrogens is 326 g/mol. The van der Waals surface area contributed by atoms with Crippen LogP contribution < -0.4 is 4.72 Å². The summed E-state index contributed by atoms with van der Waals surface area (Å²) in [7, 11) is -3.60. The van der Waals surface area contributed by atoms with Crippen LogP contribution in [0.5, 0.6) is 0 Å². The fraction of sp³-hybridized carbons (Fsp3) is 0.0588. The zero-order valence-corrected chi connectivity index (χ0v) is 13.7. The van der Waals surface area contributed by atoms with Gasteiger partial charge in [0.05, 0.1) is 11.1 Å². The van der Waals surface area contributed by atoms with Crippen molar-refractivity contribution in [3.8, 4) is 11.5 Å². The molecule has 122 valence electrons. The molecule has 1 N–H and O–H groups in total. The molecule has 7 heteroatoms. The Hall–Kier alpha value is -2.93. The van der Waals surface area contributed by atoms with Crippen molar-refractivity contribution < 1.29 is 12.8 Å². The van der Waals surface area contributed by atoms with Crippen molar-refractivity contribution in [3.63, 3.8) is 0 Å². The zero-order chi connectivity index (χ0) is 17.0. The highest BCUT2D eigenvalue weighted by molar-refractivity contribution is 7.95. The van der Waals surface area contributed by atoms with Crippen molar-refractivity contribution in [2.75, 3.05) is 4.72 Å². The zero-order valence-electron chi connectivity index (χ0n) is 12.9. The first-order valence-electron chi connectivity index (χ1n) is 7.17. The molecule has 3 aromatic rings. The van der Waals surface area contributed by atoms with Crippen molar-refractivity contribution in [3.05, 3.63) is 71.5 Å². The minimum Gasteiger partial charge on any atom is -0.423 e. The molecule has 1 heterocycles. The van der Waals surface area contributed by atoms with Gasteiger partial charge in [0.25, 0.3) is 10.0 Å². The summed E-state index contributed by atoms with van der Waals surface area (Å²) in [4.78, 5) is 0. The number of hydrogen-bond donors (Lipinski definition) is 1. The van der Waals surface area contributed by atoms with Crippen molar-refractivity contribution in [2.24, 2.45) is 0 Å². The summed E-state index contributed by atoms with van der Waals surface area (Å²) in [6.45, 7) is 1.80. The van der Waals surface area contributed by atoms with Crippen LogP contribution >= 0.6 is 0 Å². The smallest absolute Gasteiger partial charge is 0.255 e. The summed E-state index contributed by atoms with van der Waals surface area (Å²) in [6, 6.07) is 14.4. The minimum absolute atomic E-state index is 0.386. The van der Waals surface area contributed by atoms with Gasteiger partial charge in [0, 0.05) is 5.56 Å². The van der Waals surface area contributed by atoms with Crippen molar-refractivity contribution in [1.29, 1.82) is 0 Å². The number of anilines is 1. The van der Waals surface area contributed by atoms with Crippen LogP contribution in [0, 0.1) is 6.92 Å². The molecule has 0 aliphatic rings. The Labute approximate surface area is 139 Å². The maximum Gasteiger partial charge on any atom is 0.255 e. The summed E-state index contributed by atoms with van der Waals surface area (Å²) in [5.41, 5.74) is 2.79. The van der Waals surface area contributed by atoms with Gasteiger partial charge in [0.2, 0.25) is 12.3 Å². The first-order valence-corrected chi connectivity index (χ1v) is 8.71. The monoisotopic (exact) mass is 341 g/mol. The predicted molar refractivity (Wildman–Crippen MR) is 92.5 cm³/mol. The molecule has 0 fully saturated rings. The van der Waals surface area contributed by atoms with E-state index in [0.29, 0.717) is 11.6 Å². The molecule has 0 saturated heterocycles. The third-order valence-electron chi connectivity index (χ3n) is 3.32. The van der Waals surface area contributed by atoms with Gasteiger partial charge in [-0.2, -0.15) is 0 Å². The van der Waals surface area contributed by atoms with E-state index in [4.69, 9.17) is 4.42 Å². The van der Waals surface area contributed by atoms with E-state index in [1.165, 1.54) is 6.39 Å². The van der Waals surface area contributed by atoms with E-state index >= 15 is 0 Å². The second-order valence-corrected chi connectivity index (χ2v) is 6.70. The topological polar surface area (TPSA) is 85.1 Å². The molecule has 0 aliphatic heterocycles. The van der Waals surface area contributed by atoms with Crippen molar-refractivity contribution in [2.45, 2.75) is 6.92 Å². The lowest BCUT2D eigenvalue weighted by Gasteiger charge is -2.08. The van der Waals surface area contributed by atoms with E-state index in [0.717, 1.165) is 22.1 Å². The normalized spacial score (nSPS) is 11.7. The number of aromatic nitrogens is 2. The molecule has 0 radical (unpaired) electrons. The molecule has 0 unspecified atom stereocenters. The molecule has 24 heavy (non-hydrogen) atoms. The Morgan fingerprint density at radius 3 is 2.58 bits per heavy atom. The molecule has 0 aliphatic carbocycles. The number of benzene rings is 2. The van der Waals surface area contributed by atoms with E-state index in [2.05, 4.69) is 14.9 Å². The molecule has 0 amide bonds. The Morgan fingerprint density at radius 1 is 1.12 bits per heavy atom. The molecule has 0 saturated carbocycles. The number of aryl methyl sites for hydroxylation is 1. The predicted octanol–water partition coefficient (Wildman–Crippen LogP) is 3.46. The summed E-state index contributed by atoms with van der Waals surface area (Å²) in [6.07, 6.45) is 2.79. The summed E-state index contributed by atoms with van der Waals surface area (Å²) in [5.74, 6) is 0.386. The molecule has 0 spiro atoms. The minimum atomic E-state index is -3.60. The van der Waals surface area contributed by atoms with Crippen LogP contribution in [-0.4, -0.2) is 18.6 Å². The lowest BCUT2D eigenvalue weighted by atomic mass is 10.1. The summed E-state index contributed by atoms with van der Waals surface area (Å²) in [5, 5.41) is 8.60. The summed E-state index contributed by atoms with van der Waals surface area (Å²) >= 11 is 0. The molecular formula is C17H15N3O3S. The Balaban J connectivity index is 1.79. The number of nitrogens with zero attached hydrogens (tertiary/aromatic N) is 2. The molecule has 1 aromatic heterocycles. The standard InChI is InChI=1S/C17H15N3O3S/c1-13-11-15(17-19-18-12-23-17)7-8-16(13)20-24(21,22)10-9-14-5-3-2-4-6-14/h2-12,20H,1H3. The third kappa shape index (κ3) is 3.88. The SMILES string of the molecule is Cc1cc(-c2nnco2)ccc1NS(=O)(=O)C=Cc1ccccc1. The number of nitrogens with one attached hydrogen (secondary N) is 1. The van der Waals surface area contributed by atoms with Gasteiger partial charge in [0.1, 0.15) is 0 Å². The van der Waals surface area contributed by atoms with Crippen LogP contribution in [-0.2, 0) is 10.0 Å². The van der Waals surface area contributed by atoms with Gasteiger partial charge in [-0.25, -0.2) is 8.42 Å². The first-order chi connectivity index (χ1) is 11.5. The second-order valence-electron chi connectivity index (χ2n) is 5.13. The fourth-order valence-corrected chi connectivity index (χ4v) is 3.07. The van der Waals surface area contributed by atoms with Crippen LogP contribution in [0.1, 0.15) is 11.1 Å². The van der Waals surface area contributed by atoms with E-state index < -0.39 is 10.0 Å². The highest BCUT2D eigenvalue weighted by atomic mass is 32.2. The Kier molecular flexibility index (Phi) is 4.43. The Morgan fingerprint density at radius 2 is 1.92 bits per heavy atom. The van der Waals surface area contributed by atoms with E-state index in [9.17, 15) is 8.42 Å². The van der Waals surface area contributed by atoms with Crippen molar-refractivity contribution in [1.82, 2.24) is 10.2 Å². The van der Waals surface area contributed by atoms with E-state index in [1.807, 2.05) is 30.3 Å². The van der Waals surface area contributed by atoms with Gasteiger partial charge in [0.15, 0.2) is 0 Å². The second kappa shape index (κ2) is 6.67. The van der Waals surface area contributed by atoms with Crippen LogP contribution in [0.15, 0.2) is 64.7 Å². The molecule has 3 rings (SSSR count). The Bertz CT molecular complexity index is 950. The van der Waals surface area contributed by atoms with Gasteiger partial charge in [-0.3, -0.25) is 4.72 Å². The van der Waals surface area contributed by atoms with Crippen LogP contribution in [0.2, 0.25) is 0 Å². The highest BCUT2D eigenvalue weighted by Crippen LogP contribution is 2.24. The van der Waals surface area contributed by atoms with Crippen LogP contribution in [0.25, 0.3) is 17.5 Å². The number of hydrogen-bond acceptors (Lipinski definition) is 5. The largest absolute Gasteiger partial charge is 0.423 e. The average Bonchev–Trinajstić information content (AvgIpc) is 3.10. The summed E-state index contributed by atoms with van der Waals surface area (Å²) < 4.78 is 32.1. The average molecular weight is 341 g/mol. The molecule has 0 atom stereocenters. The quantitative estimate of drug-likeness (QED) is 0.768. The van der Waals surface area contributed by atoms with Crippen molar-refractivity contribution >= 4 is 21.8 Å². The van der Waals surface area contributed by atoms with E-state index in [-0.39, 0.29) is 0 Å². The van der Waals surface area contributed by atoms with Gasteiger partial charge >= 0.3 is 0 Å². The van der Waals surface area contributed by atoms with Gasteiger partial charge in [-0.1, -0.05) is 30.3 Å². The molecule has 0 bridgehead atoms. The molecule has 6 nitrogen and oxygen atoms in total. The van der Waals surface area contributed by atoms with E-state index in [1.54, 1.807) is 31.2 Å². The fourth-order valence-electron chi connectivity index (χ4n) is 2.13. The van der Waals surface area contributed by atoms with Crippen LogP contribution in [0.3, 0.4) is 0 Å². The third-order valence-corrected chi connectivity index (χ3v) is 4.32.